The summed E-state index contributed by atoms with van der Waals surface area (Å²) in [5, 5.41) is 3.41. The van der Waals surface area contributed by atoms with Crippen LogP contribution in [-0.4, -0.2) is 62.4 Å². The van der Waals surface area contributed by atoms with Gasteiger partial charge in [-0.3, -0.25) is 4.90 Å². The quantitative estimate of drug-likeness (QED) is 0.599. The fourth-order valence-electron chi connectivity index (χ4n) is 4.07. The molecule has 0 unspecified atom stereocenters. The van der Waals surface area contributed by atoms with Crippen molar-refractivity contribution in [1.82, 2.24) is 14.2 Å². The van der Waals surface area contributed by atoms with Crippen molar-refractivity contribution in [3.63, 3.8) is 0 Å². The summed E-state index contributed by atoms with van der Waals surface area (Å²) in [6.45, 7) is 7.41. The molecule has 1 aromatic carbocycles. The molecule has 1 aromatic heterocycles. The monoisotopic (exact) mass is 446 g/mol. The first kappa shape index (κ1) is 23.5. The van der Waals surface area contributed by atoms with Gasteiger partial charge >= 0.3 is 0 Å². The molecule has 1 fully saturated rings. The summed E-state index contributed by atoms with van der Waals surface area (Å²) >= 11 is 0. The van der Waals surface area contributed by atoms with Crippen LogP contribution in [0.3, 0.4) is 0 Å². The zero-order valence-electron chi connectivity index (χ0n) is 18.8. The Balaban J connectivity index is 1.73. The molecule has 0 radical (unpaired) electrons. The molecular formula is C23H34N4O3S. The van der Waals surface area contributed by atoms with Gasteiger partial charge in [-0.15, -0.1) is 0 Å². The normalized spacial score (nSPS) is 16.3. The zero-order chi connectivity index (χ0) is 22.3. The van der Waals surface area contributed by atoms with Crippen molar-refractivity contribution < 1.29 is 13.2 Å². The Bertz CT molecular complexity index is 907. The maximum absolute atomic E-state index is 12.7. The van der Waals surface area contributed by atoms with Crippen LogP contribution in [0.4, 0.5) is 5.82 Å². The fraction of sp³-hybridized carbons (Fsp3) is 0.522. The number of pyridine rings is 1. The van der Waals surface area contributed by atoms with Crippen LogP contribution in [0.25, 0.3) is 0 Å². The molecule has 0 bridgehead atoms. The number of methoxy groups -OCH3 is 1. The zero-order valence-corrected chi connectivity index (χ0v) is 19.6. The molecule has 170 valence electrons. The van der Waals surface area contributed by atoms with E-state index in [1.807, 2.05) is 26.0 Å². The predicted molar refractivity (Wildman–Crippen MR) is 124 cm³/mol. The lowest BCUT2D eigenvalue weighted by molar-refractivity contribution is 0.170. The fourth-order valence-corrected chi connectivity index (χ4v) is 5.47. The first-order valence-electron chi connectivity index (χ1n) is 11.1. The number of benzene rings is 1. The van der Waals surface area contributed by atoms with Crippen LogP contribution in [-0.2, 0) is 10.0 Å². The van der Waals surface area contributed by atoms with Crippen molar-refractivity contribution in [2.45, 2.75) is 44.0 Å². The molecule has 1 aliphatic rings. The molecular weight excluding hydrogens is 412 g/mol. The van der Waals surface area contributed by atoms with Crippen LogP contribution in [0.1, 0.15) is 44.7 Å². The van der Waals surface area contributed by atoms with Crippen molar-refractivity contribution in [3.05, 3.63) is 48.2 Å². The van der Waals surface area contributed by atoms with Gasteiger partial charge in [0, 0.05) is 25.8 Å². The van der Waals surface area contributed by atoms with Gasteiger partial charge in [-0.2, -0.15) is 4.31 Å². The van der Waals surface area contributed by atoms with E-state index < -0.39 is 10.0 Å². The molecule has 1 saturated heterocycles. The van der Waals surface area contributed by atoms with Crippen molar-refractivity contribution in [2.75, 3.05) is 45.2 Å². The second-order valence-electron chi connectivity index (χ2n) is 7.73. The van der Waals surface area contributed by atoms with Gasteiger partial charge in [0.05, 0.1) is 13.2 Å². The summed E-state index contributed by atoms with van der Waals surface area (Å²) in [7, 11) is -1.82. The van der Waals surface area contributed by atoms with E-state index in [1.54, 1.807) is 19.2 Å². The lowest BCUT2D eigenvalue weighted by atomic mass is 10.0. The summed E-state index contributed by atoms with van der Waals surface area (Å²) < 4.78 is 32.1. The van der Waals surface area contributed by atoms with E-state index in [1.165, 1.54) is 35.3 Å². The van der Waals surface area contributed by atoms with Crippen molar-refractivity contribution >= 4 is 15.8 Å². The minimum absolute atomic E-state index is 0.215. The van der Waals surface area contributed by atoms with Gasteiger partial charge in [0.15, 0.2) is 0 Å². The topological polar surface area (TPSA) is 74.8 Å². The van der Waals surface area contributed by atoms with Crippen LogP contribution >= 0.6 is 0 Å². The van der Waals surface area contributed by atoms with Crippen LogP contribution in [0.15, 0.2) is 47.5 Å². The first-order valence-corrected chi connectivity index (χ1v) is 12.5. The number of nitrogens with one attached hydrogen (secondary N) is 1. The van der Waals surface area contributed by atoms with Gasteiger partial charge in [-0.05, 0) is 55.8 Å². The summed E-state index contributed by atoms with van der Waals surface area (Å²) in [4.78, 5) is 7.12. The molecule has 1 atom stereocenters. The number of sulfonamides is 1. The second kappa shape index (κ2) is 10.9. The van der Waals surface area contributed by atoms with Gasteiger partial charge in [-0.25, -0.2) is 13.4 Å². The standard InChI is InChI=1S/C23H34N4O3S/c1-4-27(5-2)31(28,29)21-13-14-23(24-17-21)25-18-22(26-15-7-6-8-16-26)19-9-11-20(30-3)12-10-19/h9-14,17,22H,4-8,15-16,18H2,1-3H3,(H,24,25)/t22-/m0/s1. The van der Waals surface area contributed by atoms with E-state index >= 15 is 0 Å². The Kier molecular flexibility index (Phi) is 8.28. The Morgan fingerprint density at radius 2 is 1.74 bits per heavy atom. The van der Waals surface area contributed by atoms with E-state index in [9.17, 15) is 8.42 Å². The van der Waals surface area contributed by atoms with Crippen LogP contribution in [0, 0.1) is 0 Å². The highest BCUT2D eigenvalue weighted by Gasteiger charge is 2.24. The van der Waals surface area contributed by atoms with E-state index in [0.717, 1.165) is 18.8 Å². The van der Waals surface area contributed by atoms with Crippen molar-refractivity contribution in [3.8, 4) is 5.75 Å². The van der Waals surface area contributed by atoms with E-state index in [2.05, 4.69) is 27.3 Å². The molecule has 1 N–H and O–H groups in total. The average Bonchev–Trinajstić information content (AvgIpc) is 2.81. The van der Waals surface area contributed by atoms with E-state index in [-0.39, 0.29) is 10.9 Å². The van der Waals surface area contributed by atoms with Gasteiger partial charge in [0.1, 0.15) is 16.5 Å². The van der Waals surface area contributed by atoms with Crippen LogP contribution < -0.4 is 10.1 Å². The molecule has 0 spiro atoms. The lowest BCUT2D eigenvalue weighted by Gasteiger charge is -2.35. The van der Waals surface area contributed by atoms with Gasteiger partial charge in [-0.1, -0.05) is 32.4 Å². The number of ether oxygens (including phenoxy) is 1. The number of aromatic nitrogens is 1. The molecule has 0 saturated carbocycles. The number of anilines is 1. The number of nitrogens with zero attached hydrogens (tertiary/aromatic N) is 3. The molecule has 2 aromatic rings. The Morgan fingerprint density at radius 1 is 1.06 bits per heavy atom. The highest BCUT2D eigenvalue weighted by atomic mass is 32.2. The number of piperidine rings is 1. The van der Waals surface area contributed by atoms with Crippen molar-refractivity contribution in [1.29, 1.82) is 0 Å². The highest BCUT2D eigenvalue weighted by Crippen LogP contribution is 2.27. The lowest BCUT2D eigenvalue weighted by Crippen LogP contribution is -2.37. The maximum Gasteiger partial charge on any atom is 0.244 e. The van der Waals surface area contributed by atoms with Crippen molar-refractivity contribution in [2.24, 2.45) is 0 Å². The summed E-state index contributed by atoms with van der Waals surface area (Å²) in [6, 6.07) is 11.8. The molecule has 8 heteroatoms. The first-order chi connectivity index (χ1) is 15.0. The molecule has 2 heterocycles. The molecule has 0 aliphatic carbocycles. The Morgan fingerprint density at radius 3 is 2.29 bits per heavy atom. The summed E-state index contributed by atoms with van der Waals surface area (Å²) in [6.07, 6.45) is 5.15. The van der Waals surface area contributed by atoms with Crippen LogP contribution in [0.2, 0.25) is 0 Å². The molecule has 31 heavy (non-hydrogen) atoms. The second-order valence-corrected chi connectivity index (χ2v) is 9.67. The van der Waals surface area contributed by atoms with E-state index in [0.29, 0.717) is 25.5 Å². The largest absolute Gasteiger partial charge is 0.497 e. The number of rotatable bonds is 10. The minimum atomic E-state index is -3.49. The van der Waals surface area contributed by atoms with E-state index in [4.69, 9.17) is 4.74 Å². The molecule has 0 amide bonds. The third-order valence-corrected chi connectivity index (χ3v) is 7.92. The number of likely N-dealkylation sites (tertiary alicyclic amines) is 1. The maximum atomic E-state index is 12.7. The number of hydrogen-bond donors (Lipinski definition) is 1. The Labute approximate surface area is 186 Å². The smallest absolute Gasteiger partial charge is 0.244 e. The molecule has 1 aliphatic heterocycles. The van der Waals surface area contributed by atoms with Gasteiger partial charge in [0.2, 0.25) is 10.0 Å². The summed E-state index contributed by atoms with van der Waals surface area (Å²) in [5.74, 6) is 1.52. The average molecular weight is 447 g/mol. The van der Waals surface area contributed by atoms with Gasteiger partial charge in [0.25, 0.3) is 0 Å². The van der Waals surface area contributed by atoms with Crippen LogP contribution in [0.5, 0.6) is 5.75 Å². The summed E-state index contributed by atoms with van der Waals surface area (Å²) in [5.41, 5.74) is 1.23. The highest BCUT2D eigenvalue weighted by molar-refractivity contribution is 7.89. The predicted octanol–water partition coefficient (Wildman–Crippen LogP) is 3.76. The minimum Gasteiger partial charge on any atom is -0.497 e. The molecule has 3 rings (SSSR count). The van der Waals surface area contributed by atoms with Gasteiger partial charge < -0.3 is 10.1 Å². The SMILES string of the molecule is CCN(CC)S(=O)(=O)c1ccc(NC[C@@H](c2ccc(OC)cc2)N2CCCCC2)nc1. The molecule has 7 nitrogen and oxygen atoms in total. The Hall–Kier alpha value is -2.16. The third kappa shape index (κ3) is 5.75. The number of hydrogen-bond acceptors (Lipinski definition) is 6. The third-order valence-electron chi connectivity index (χ3n) is 5.89.